The number of halogens is 1. The maximum absolute atomic E-state index is 13.2. The van der Waals surface area contributed by atoms with Gasteiger partial charge in [-0.3, -0.25) is 4.79 Å². The van der Waals surface area contributed by atoms with Crippen LogP contribution in [0.15, 0.2) is 48.5 Å². The van der Waals surface area contributed by atoms with Crippen molar-refractivity contribution in [2.24, 2.45) is 11.3 Å². The van der Waals surface area contributed by atoms with Gasteiger partial charge in [-0.15, -0.1) is 0 Å². The van der Waals surface area contributed by atoms with Crippen LogP contribution < -0.4 is 15.4 Å². The molecular formula is C22H25FN2O2. The van der Waals surface area contributed by atoms with Crippen LogP contribution in [-0.4, -0.2) is 19.0 Å². The normalized spacial score (nSPS) is 20.3. The van der Waals surface area contributed by atoms with Gasteiger partial charge in [-0.1, -0.05) is 24.3 Å². The van der Waals surface area contributed by atoms with E-state index in [1.165, 1.54) is 12.1 Å². The standard InChI is InChI=1S/C22H25FN2O2/c23-18-3-1-2-17(12-18)15-27-19-6-4-16(5-7-19)14-25-21(26)20-13-22(20)8-10-24-11-9-22/h1-7,12,20,24H,8-11,13-15H2,(H,25,26). The Bertz CT molecular complexity index is 800. The largest absolute Gasteiger partial charge is 0.489 e. The van der Waals surface area contributed by atoms with Crippen molar-refractivity contribution in [1.29, 1.82) is 0 Å². The fourth-order valence-corrected chi connectivity index (χ4v) is 4.00. The summed E-state index contributed by atoms with van der Waals surface area (Å²) in [5, 5.41) is 6.44. The molecule has 1 aliphatic carbocycles. The Morgan fingerprint density at radius 3 is 2.67 bits per heavy atom. The van der Waals surface area contributed by atoms with Crippen LogP contribution >= 0.6 is 0 Å². The highest BCUT2D eigenvalue weighted by Crippen LogP contribution is 2.58. The summed E-state index contributed by atoms with van der Waals surface area (Å²) >= 11 is 0. The number of ether oxygens (including phenoxy) is 1. The summed E-state index contributed by atoms with van der Waals surface area (Å²) in [6.07, 6.45) is 3.26. The fraction of sp³-hybridized carbons (Fsp3) is 0.409. The minimum atomic E-state index is -0.260. The molecule has 1 amide bonds. The second kappa shape index (κ2) is 7.69. The van der Waals surface area contributed by atoms with Gasteiger partial charge in [0.25, 0.3) is 0 Å². The Kier molecular flexibility index (Phi) is 5.12. The molecule has 5 heteroatoms. The second-order valence-electron chi connectivity index (χ2n) is 7.65. The van der Waals surface area contributed by atoms with Gasteiger partial charge in [-0.05, 0) is 73.2 Å². The van der Waals surface area contributed by atoms with E-state index >= 15 is 0 Å². The lowest BCUT2D eigenvalue weighted by molar-refractivity contribution is -0.123. The molecule has 2 N–H and O–H groups in total. The molecule has 1 saturated heterocycles. The van der Waals surface area contributed by atoms with Crippen LogP contribution in [0.2, 0.25) is 0 Å². The molecule has 1 unspecified atom stereocenters. The van der Waals surface area contributed by atoms with E-state index in [2.05, 4.69) is 10.6 Å². The Balaban J connectivity index is 1.24. The Morgan fingerprint density at radius 2 is 1.93 bits per heavy atom. The Hall–Kier alpha value is -2.40. The number of nitrogens with one attached hydrogen (secondary N) is 2. The molecule has 0 radical (unpaired) electrons. The van der Waals surface area contributed by atoms with E-state index in [1.54, 1.807) is 6.07 Å². The third-order valence-corrected chi connectivity index (χ3v) is 5.79. The summed E-state index contributed by atoms with van der Waals surface area (Å²) in [7, 11) is 0. The van der Waals surface area contributed by atoms with Gasteiger partial charge in [-0.25, -0.2) is 4.39 Å². The Morgan fingerprint density at radius 1 is 1.15 bits per heavy atom. The fourth-order valence-electron chi connectivity index (χ4n) is 4.00. The molecule has 1 saturated carbocycles. The lowest BCUT2D eigenvalue weighted by Gasteiger charge is -2.23. The molecule has 1 atom stereocenters. The molecule has 2 aromatic carbocycles. The van der Waals surface area contributed by atoms with Crippen molar-refractivity contribution in [2.45, 2.75) is 32.4 Å². The molecule has 2 aromatic rings. The van der Waals surface area contributed by atoms with E-state index in [9.17, 15) is 9.18 Å². The molecule has 4 nitrogen and oxygen atoms in total. The minimum absolute atomic E-state index is 0.184. The van der Waals surface area contributed by atoms with E-state index in [0.29, 0.717) is 13.2 Å². The van der Waals surface area contributed by atoms with Crippen molar-refractivity contribution < 1.29 is 13.9 Å². The van der Waals surface area contributed by atoms with Crippen molar-refractivity contribution in [3.63, 3.8) is 0 Å². The van der Waals surface area contributed by atoms with Gasteiger partial charge in [0.2, 0.25) is 5.91 Å². The molecule has 2 fully saturated rings. The van der Waals surface area contributed by atoms with Crippen molar-refractivity contribution >= 4 is 5.91 Å². The zero-order valence-corrected chi connectivity index (χ0v) is 15.3. The molecular weight excluding hydrogens is 343 g/mol. The lowest BCUT2D eigenvalue weighted by atomic mass is 9.92. The molecule has 1 aliphatic heterocycles. The van der Waals surface area contributed by atoms with Gasteiger partial charge in [0.1, 0.15) is 18.2 Å². The van der Waals surface area contributed by atoms with Crippen LogP contribution in [0.5, 0.6) is 5.75 Å². The number of hydrogen-bond donors (Lipinski definition) is 2. The van der Waals surface area contributed by atoms with Gasteiger partial charge in [0.15, 0.2) is 0 Å². The number of piperidine rings is 1. The quantitative estimate of drug-likeness (QED) is 0.822. The molecule has 27 heavy (non-hydrogen) atoms. The Labute approximate surface area is 159 Å². The van der Waals surface area contributed by atoms with Gasteiger partial charge in [0, 0.05) is 12.5 Å². The average Bonchev–Trinajstić information content (AvgIpc) is 3.39. The minimum Gasteiger partial charge on any atom is -0.489 e. The number of rotatable bonds is 6. The average molecular weight is 368 g/mol. The summed E-state index contributed by atoms with van der Waals surface area (Å²) < 4.78 is 18.9. The van der Waals surface area contributed by atoms with Crippen molar-refractivity contribution in [2.75, 3.05) is 13.1 Å². The number of hydrogen-bond acceptors (Lipinski definition) is 3. The zero-order valence-electron chi connectivity index (χ0n) is 15.3. The molecule has 142 valence electrons. The molecule has 1 spiro atoms. The predicted molar refractivity (Wildman–Crippen MR) is 102 cm³/mol. The summed E-state index contributed by atoms with van der Waals surface area (Å²) in [5.41, 5.74) is 2.10. The highest BCUT2D eigenvalue weighted by Gasteiger charge is 2.57. The van der Waals surface area contributed by atoms with Crippen molar-refractivity contribution in [3.8, 4) is 5.75 Å². The second-order valence-corrected chi connectivity index (χ2v) is 7.65. The predicted octanol–water partition coefficient (Wildman–Crippen LogP) is 3.41. The van der Waals surface area contributed by atoms with E-state index in [-0.39, 0.29) is 23.1 Å². The first-order valence-corrected chi connectivity index (χ1v) is 9.59. The molecule has 0 aromatic heterocycles. The van der Waals surface area contributed by atoms with Gasteiger partial charge in [-0.2, -0.15) is 0 Å². The number of amides is 1. The topological polar surface area (TPSA) is 50.4 Å². The summed E-state index contributed by atoms with van der Waals surface area (Å²) in [5.74, 6) is 0.839. The first-order valence-electron chi connectivity index (χ1n) is 9.59. The van der Waals surface area contributed by atoms with Crippen LogP contribution in [0.25, 0.3) is 0 Å². The molecule has 1 heterocycles. The maximum atomic E-state index is 13.2. The summed E-state index contributed by atoms with van der Waals surface area (Å²) in [4.78, 5) is 12.4. The van der Waals surface area contributed by atoms with Crippen LogP contribution in [0.3, 0.4) is 0 Å². The number of carbonyl (C=O) groups excluding carboxylic acids is 1. The van der Waals surface area contributed by atoms with Gasteiger partial charge < -0.3 is 15.4 Å². The summed E-state index contributed by atoms with van der Waals surface area (Å²) in [6.45, 7) is 2.92. The summed E-state index contributed by atoms with van der Waals surface area (Å²) in [6, 6.07) is 14.1. The SMILES string of the molecule is O=C(NCc1ccc(OCc2cccc(F)c2)cc1)C1CC12CCNCC2. The molecule has 4 rings (SSSR count). The smallest absolute Gasteiger partial charge is 0.223 e. The monoisotopic (exact) mass is 368 g/mol. The maximum Gasteiger partial charge on any atom is 0.223 e. The first kappa shape index (κ1) is 18.0. The van der Waals surface area contributed by atoms with Crippen LogP contribution in [-0.2, 0) is 17.9 Å². The van der Waals surface area contributed by atoms with E-state index < -0.39 is 0 Å². The molecule has 2 aliphatic rings. The van der Waals surface area contributed by atoms with E-state index in [4.69, 9.17) is 4.74 Å². The van der Waals surface area contributed by atoms with Crippen LogP contribution in [0.4, 0.5) is 4.39 Å². The number of carbonyl (C=O) groups is 1. The van der Waals surface area contributed by atoms with Crippen molar-refractivity contribution in [1.82, 2.24) is 10.6 Å². The highest BCUT2D eigenvalue weighted by atomic mass is 19.1. The first-order chi connectivity index (χ1) is 13.1. The van der Waals surface area contributed by atoms with Gasteiger partial charge in [0.05, 0.1) is 0 Å². The number of benzene rings is 2. The van der Waals surface area contributed by atoms with E-state index in [0.717, 1.165) is 49.2 Å². The van der Waals surface area contributed by atoms with Crippen molar-refractivity contribution in [3.05, 3.63) is 65.5 Å². The van der Waals surface area contributed by atoms with E-state index in [1.807, 2.05) is 30.3 Å². The van der Waals surface area contributed by atoms with Crippen LogP contribution in [0, 0.1) is 17.2 Å². The zero-order chi connectivity index (χ0) is 18.7. The third-order valence-electron chi connectivity index (χ3n) is 5.79. The van der Waals surface area contributed by atoms with Crippen LogP contribution in [0.1, 0.15) is 30.4 Å². The highest BCUT2D eigenvalue weighted by molar-refractivity contribution is 5.82. The third kappa shape index (κ3) is 4.30. The molecule has 0 bridgehead atoms. The van der Waals surface area contributed by atoms with Gasteiger partial charge >= 0.3 is 0 Å². The lowest BCUT2D eigenvalue weighted by Crippen LogP contribution is -2.33.